The number of hydrogen-bond donors (Lipinski definition) is 1. The van der Waals surface area contributed by atoms with Crippen molar-refractivity contribution in [3.05, 3.63) is 85.6 Å². The van der Waals surface area contributed by atoms with Gasteiger partial charge in [0.25, 0.3) is 0 Å². The van der Waals surface area contributed by atoms with Crippen molar-refractivity contribution in [2.75, 3.05) is 29.9 Å². The van der Waals surface area contributed by atoms with E-state index in [-0.39, 0.29) is 11.9 Å². The number of aryl methyl sites for hydroxylation is 1. The van der Waals surface area contributed by atoms with Gasteiger partial charge in [0.1, 0.15) is 30.0 Å². The summed E-state index contributed by atoms with van der Waals surface area (Å²) in [5, 5.41) is 8.50. The Hall–Kier alpha value is -4.99. The third kappa shape index (κ3) is 4.84. The minimum atomic E-state index is -0.0244. The molecule has 1 aliphatic heterocycles. The summed E-state index contributed by atoms with van der Waals surface area (Å²) in [6.07, 6.45) is 6.28. The monoisotopic (exact) mass is 520 g/mol. The zero-order chi connectivity index (χ0) is 26.9. The number of ether oxygens (including phenoxy) is 1. The molecule has 0 saturated carbocycles. The van der Waals surface area contributed by atoms with E-state index in [1.165, 1.54) is 12.4 Å². The van der Waals surface area contributed by atoms with Gasteiger partial charge in [-0.05, 0) is 68.0 Å². The van der Waals surface area contributed by atoms with Crippen molar-refractivity contribution in [1.82, 2.24) is 29.5 Å². The van der Waals surface area contributed by atoms with Gasteiger partial charge in [0, 0.05) is 54.7 Å². The number of nitrogens with zero attached hydrogens (tertiary/aromatic N) is 7. The molecule has 2 aromatic carbocycles. The summed E-state index contributed by atoms with van der Waals surface area (Å²) in [7, 11) is 0. The third-order valence-corrected chi connectivity index (χ3v) is 6.99. The molecule has 1 amide bonds. The summed E-state index contributed by atoms with van der Waals surface area (Å²) in [5.74, 6) is 2.14. The van der Waals surface area contributed by atoms with Crippen molar-refractivity contribution in [1.29, 1.82) is 0 Å². The standard InChI is InChI=1S/C29H28N8O2/c1-4-28(38)36-12-11-35(16-20(36)3)22-6-7-25-24(14-22)29(32-17-30-25)34-21-5-8-26(19(2)13-21)39-23-9-10-37-27(15-23)31-18-33-37/h4-10,13-15,17-18,20H,1,11-12,16H2,2-3H3,(H,30,32,34). The first-order chi connectivity index (χ1) is 19.0. The summed E-state index contributed by atoms with van der Waals surface area (Å²) in [4.78, 5) is 29.5. The highest BCUT2D eigenvalue weighted by Crippen LogP contribution is 2.32. The van der Waals surface area contributed by atoms with Crippen LogP contribution in [-0.2, 0) is 4.79 Å². The Morgan fingerprint density at radius 2 is 1.97 bits per heavy atom. The van der Waals surface area contributed by atoms with Crippen LogP contribution in [0, 0.1) is 6.92 Å². The van der Waals surface area contributed by atoms with Gasteiger partial charge in [0.15, 0.2) is 5.65 Å². The average Bonchev–Trinajstić information content (AvgIpc) is 3.42. The van der Waals surface area contributed by atoms with Crippen molar-refractivity contribution in [2.45, 2.75) is 19.9 Å². The number of piperazine rings is 1. The SMILES string of the molecule is C=CC(=O)N1CCN(c2ccc3ncnc(Nc4ccc(Oc5ccn6ncnc6c5)c(C)c4)c3c2)CC1C. The number of benzene rings is 2. The topological polar surface area (TPSA) is 101 Å². The van der Waals surface area contributed by atoms with Gasteiger partial charge in [0.05, 0.1) is 5.52 Å². The van der Waals surface area contributed by atoms with Crippen molar-refractivity contribution >= 4 is 39.6 Å². The second-order valence-electron chi connectivity index (χ2n) is 9.59. The maximum Gasteiger partial charge on any atom is 0.246 e. The van der Waals surface area contributed by atoms with Crippen molar-refractivity contribution in [3.63, 3.8) is 0 Å². The van der Waals surface area contributed by atoms with E-state index >= 15 is 0 Å². The number of anilines is 3. The van der Waals surface area contributed by atoms with Gasteiger partial charge in [-0.2, -0.15) is 5.10 Å². The van der Waals surface area contributed by atoms with E-state index in [1.807, 2.05) is 54.4 Å². The number of carbonyl (C=O) groups is 1. The minimum Gasteiger partial charge on any atom is -0.457 e. The summed E-state index contributed by atoms with van der Waals surface area (Å²) < 4.78 is 7.80. The Labute approximate surface area is 225 Å². The molecule has 0 aliphatic carbocycles. The summed E-state index contributed by atoms with van der Waals surface area (Å²) in [6.45, 7) is 9.83. The maximum atomic E-state index is 12.1. The second kappa shape index (κ2) is 10.1. The molecule has 4 heterocycles. The molecular formula is C29H28N8O2. The number of hydrogen-bond acceptors (Lipinski definition) is 8. The van der Waals surface area contributed by atoms with Gasteiger partial charge in [-0.1, -0.05) is 6.58 Å². The molecule has 1 unspecified atom stereocenters. The predicted molar refractivity (Wildman–Crippen MR) is 151 cm³/mol. The van der Waals surface area contributed by atoms with Gasteiger partial charge >= 0.3 is 0 Å². The highest BCUT2D eigenvalue weighted by molar-refractivity contribution is 5.93. The quantitative estimate of drug-likeness (QED) is 0.321. The van der Waals surface area contributed by atoms with Gasteiger partial charge in [-0.15, -0.1) is 0 Å². The van der Waals surface area contributed by atoms with Crippen LogP contribution in [0.3, 0.4) is 0 Å². The number of pyridine rings is 1. The fraction of sp³-hybridized carbons (Fsp3) is 0.207. The van der Waals surface area contributed by atoms with Crippen LogP contribution in [0.2, 0.25) is 0 Å². The molecule has 1 saturated heterocycles. The Bertz CT molecular complexity index is 1700. The lowest BCUT2D eigenvalue weighted by molar-refractivity contribution is -0.128. The van der Waals surface area contributed by atoms with Crippen LogP contribution < -0.4 is 15.0 Å². The number of amides is 1. The molecule has 10 heteroatoms. The molecule has 0 spiro atoms. The van der Waals surface area contributed by atoms with Crippen LogP contribution in [0.4, 0.5) is 17.2 Å². The zero-order valence-electron chi connectivity index (χ0n) is 21.8. The van der Waals surface area contributed by atoms with Crippen LogP contribution in [0.5, 0.6) is 11.5 Å². The van der Waals surface area contributed by atoms with E-state index in [1.54, 1.807) is 10.8 Å². The van der Waals surface area contributed by atoms with Gasteiger partial charge in [-0.25, -0.2) is 19.5 Å². The highest BCUT2D eigenvalue weighted by atomic mass is 16.5. The number of fused-ring (bicyclic) bond motifs is 2. The van der Waals surface area contributed by atoms with E-state index in [2.05, 4.69) is 55.9 Å². The average molecular weight is 521 g/mol. The Morgan fingerprint density at radius 3 is 2.79 bits per heavy atom. The normalized spacial score (nSPS) is 15.5. The molecule has 6 rings (SSSR count). The zero-order valence-corrected chi connectivity index (χ0v) is 21.8. The lowest BCUT2D eigenvalue weighted by atomic mass is 10.1. The highest BCUT2D eigenvalue weighted by Gasteiger charge is 2.26. The van der Waals surface area contributed by atoms with E-state index in [0.29, 0.717) is 12.3 Å². The Balaban J connectivity index is 1.22. The molecule has 0 radical (unpaired) electrons. The predicted octanol–water partition coefficient (Wildman–Crippen LogP) is 4.74. The van der Waals surface area contributed by atoms with Crippen LogP contribution in [0.25, 0.3) is 16.6 Å². The first-order valence-corrected chi connectivity index (χ1v) is 12.8. The molecule has 39 heavy (non-hydrogen) atoms. The molecule has 0 bridgehead atoms. The largest absolute Gasteiger partial charge is 0.457 e. The molecule has 1 fully saturated rings. The summed E-state index contributed by atoms with van der Waals surface area (Å²) in [6, 6.07) is 15.9. The summed E-state index contributed by atoms with van der Waals surface area (Å²) >= 11 is 0. The van der Waals surface area contributed by atoms with E-state index in [9.17, 15) is 4.79 Å². The molecule has 196 valence electrons. The lowest BCUT2D eigenvalue weighted by Gasteiger charge is -2.40. The van der Waals surface area contributed by atoms with Crippen LogP contribution in [-0.4, -0.2) is 61.0 Å². The first-order valence-electron chi connectivity index (χ1n) is 12.8. The lowest BCUT2D eigenvalue weighted by Crippen LogP contribution is -2.53. The number of carbonyl (C=O) groups excluding carboxylic acids is 1. The van der Waals surface area contributed by atoms with Gasteiger partial charge in [-0.3, -0.25) is 4.79 Å². The van der Waals surface area contributed by atoms with Gasteiger partial charge in [0.2, 0.25) is 5.91 Å². The van der Waals surface area contributed by atoms with Gasteiger partial charge < -0.3 is 19.9 Å². The fourth-order valence-corrected chi connectivity index (χ4v) is 4.94. The fourth-order valence-electron chi connectivity index (χ4n) is 4.94. The van der Waals surface area contributed by atoms with Crippen molar-refractivity contribution in [3.8, 4) is 11.5 Å². The molecule has 3 aromatic heterocycles. The number of aromatic nitrogens is 5. The Morgan fingerprint density at radius 1 is 1.08 bits per heavy atom. The van der Waals surface area contributed by atoms with Crippen LogP contribution in [0.1, 0.15) is 12.5 Å². The maximum absolute atomic E-state index is 12.1. The van der Waals surface area contributed by atoms with Crippen molar-refractivity contribution in [2.24, 2.45) is 0 Å². The number of rotatable bonds is 6. The molecular weight excluding hydrogens is 492 g/mol. The molecule has 1 atom stereocenters. The third-order valence-electron chi connectivity index (χ3n) is 6.99. The smallest absolute Gasteiger partial charge is 0.246 e. The van der Waals surface area contributed by atoms with Crippen LogP contribution in [0.15, 0.2) is 80.0 Å². The minimum absolute atomic E-state index is 0.0244. The van der Waals surface area contributed by atoms with Crippen molar-refractivity contribution < 1.29 is 9.53 Å². The van der Waals surface area contributed by atoms with Crippen LogP contribution >= 0.6 is 0 Å². The van der Waals surface area contributed by atoms with E-state index < -0.39 is 0 Å². The molecule has 1 aliphatic rings. The van der Waals surface area contributed by atoms with E-state index in [4.69, 9.17) is 4.74 Å². The molecule has 5 aromatic rings. The van der Waals surface area contributed by atoms with E-state index in [0.717, 1.165) is 58.1 Å². The first kappa shape index (κ1) is 24.4. The summed E-state index contributed by atoms with van der Waals surface area (Å²) in [5.41, 5.74) is 4.51. The molecule has 1 N–H and O–H groups in total. The second-order valence-corrected chi connectivity index (χ2v) is 9.59. The Kier molecular flexibility index (Phi) is 6.28. The number of nitrogens with one attached hydrogen (secondary N) is 1. The molecule has 10 nitrogen and oxygen atoms in total.